The zero-order valence-electron chi connectivity index (χ0n) is 13.7. The fourth-order valence-corrected chi connectivity index (χ4v) is 2.62. The van der Waals surface area contributed by atoms with E-state index < -0.39 is 0 Å². The van der Waals surface area contributed by atoms with Crippen LogP contribution in [0.25, 0.3) is 5.52 Å². The van der Waals surface area contributed by atoms with Crippen molar-refractivity contribution in [1.29, 1.82) is 0 Å². The van der Waals surface area contributed by atoms with Crippen molar-refractivity contribution in [3.63, 3.8) is 0 Å². The number of nitrogens with one attached hydrogen (secondary N) is 2. The molecule has 0 aliphatic carbocycles. The van der Waals surface area contributed by atoms with Gasteiger partial charge in [-0.05, 0) is 31.5 Å². The number of carbonyl (C=O) groups is 1. The average molecular weight is 326 g/mol. The van der Waals surface area contributed by atoms with Gasteiger partial charge in [-0.15, -0.1) is 0 Å². The summed E-state index contributed by atoms with van der Waals surface area (Å²) in [4.78, 5) is 31.3. The lowest BCUT2D eigenvalue weighted by molar-refractivity contribution is 0.0950. The maximum atomic E-state index is 12.5. The van der Waals surface area contributed by atoms with Gasteiger partial charge in [0.2, 0.25) is 0 Å². The number of aromatic nitrogens is 3. The van der Waals surface area contributed by atoms with Gasteiger partial charge in [0.05, 0.1) is 37.3 Å². The summed E-state index contributed by atoms with van der Waals surface area (Å²) in [5, 5.41) is 2.78. The predicted octanol–water partition coefficient (Wildman–Crippen LogP) is 1.58. The SMILES string of the molecule is COc1cc(C)[nH]c(=O)c1CNC(=O)c1cc2cncn2cc1C. The monoisotopic (exact) mass is 326 g/mol. The Labute approximate surface area is 138 Å². The van der Waals surface area contributed by atoms with Crippen LogP contribution >= 0.6 is 0 Å². The highest BCUT2D eigenvalue weighted by Crippen LogP contribution is 2.16. The lowest BCUT2D eigenvalue weighted by Crippen LogP contribution is -2.28. The van der Waals surface area contributed by atoms with Crippen LogP contribution in [-0.4, -0.2) is 27.4 Å². The molecule has 0 aliphatic heterocycles. The Hall–Kier alpha value is -3.09. The fraction of sp³-hybridized carbons (Fsp3) is 0.235. The topological polar surface area (TPSA) is 88.5 Å². The van der Waals surface area contributed by atoms with Crippen molar-refractivity contribution in [2.24, 2.45) is 0 Å². The molecule has 0 spiro atoms. The molecule has 124 valence electrons. The first-order valence-corrected chi connectivity index (χ1v) is 7.47. The number of amides is 1. The largest absolute Gasteiger partial charge is 0.496 e. The van der Waals surface area contributed by atoms with Crippen molar-refractivity contribution in [1.82, 2.24) is 19.7 Å². The summed E-state index contributed by atoms with van der Waals surface area (Å²) >= 11 is 0. The third-order valence-corrected chi connectivity index (χ3v) is 3.87. The first-order valence-electron chi connectivity index (χ1n) is 7.47. The van der Waals surface area contributed by atoms with E-state index in [4.69, 9.17) is 4.74 Å². The van der Waals surface area contributed by atoms with E-state index in [9.17, 15) is 9.59 Å². The first kappa shape index (κ1) is 15.8. The summed E-state index contributed by atoms with van der Waals surface area (Å²) in [6, 6.07) is 3.50. The fourth-order valence-electron chi connectivity index (χ4n) is 2.62. The maximum absolute atomic E-state index is 12.5. The van der Waals surface area contributed by atoms with Crippen molar-refractivity contribution >= 4 is 11.4 Å². The molecule has 0 bridgehead atoms. The summed E-state index contributed by atoms with van der Waals surface area (Å²) in [6.07, 6.45) is 5.21. The smallest absolute Gasteiger partial charge is 0.256 e. The van der Waals surface area contributed by atoms with Crippen LogP contribution in [0.1, 0.15) is 27.2 Å². The number of methoxy groups -OCH3 is 1. The molecule has 0 saturated heterocycles. The molecule has 3 aromatic heterocycles. The van der Waals surface area contributed by atoms with E-state index in [2.05, 4.69) is 15.3 Å². The number of hydrogen-bond donors (Lipinski definition) is 2. The van der Waals surface area contributed by atoms with Gasteiger partial charge in [-0.2, -0.15) is 0 Å². The number of carbonyl (C=O) groups excluding carboxylic acids is 1. The van der Waals surface area contributed by atoms with Crippen molar-refractivity contribution in [2.75, 3.05) is 7.11 Å². The number of hydrogen-bond acceptors (Lipinski definition) is 4. The average Bonchev–Trinajstić information content (AvgIpc) is 2.99. The number of rotatable bonds is 4. The Morgan fingerprint density at radius 3 is 2.92 bits per heavy atom. The van der Waals surface area contributed by atoms with E-state index in [0.717, 1.165) is 11.1 Å². The summed E-state index contributed by atoms with van der Waals surface area (Å²) in [7, 11) is 1.50. The lowest BCUT2D eigenvalue weighted by Gasteiger charge is -2.11. The Balaban J connectivity index is 1.85. The minimum atomic E-state index is -0.268. The second-order valence-electron chi connectivity index (χ2n) is 5.61. The minimum absolute atomic E-state index is 0.0848. The van der Waals surface area contributed by atoms with Crippen LogP contribution in [0.4, 0.5) is 0 Å². The lowest BCUT2D eigenvalue weighted by atomic mass is 10.1. The van der Waals surface area contributed by atoms with Crippen LogP contribution < -0.4 is 15.6 Å². The van der Waals surface area contributed by atoms with Gasteiger partial charge in [-0.3, -0.25) is 9.59 Å². The molecule has 0 aliphatic rings. The zero-order valence-corrected chi connectivity index (χ0v) is 13.7. The molecular weight excluding hydrogens is 308 g/mol. The Morgan fingerprint density at radius 1 is 1.38 bits per heavy atom. The van der Waals surface area contributed by atoms with E-state index in [1.54, 1.807) is 31.6 Å². The van der Waals surface area contributed by atoms with Gasteiger partial charge in [-0.1, -0.05) is 0 Å². The van der Waals surface area contributed by atoms with Gasteiger partial charge in [0.25, 0.3) is 11.5 Å². The third-order valence-electron chi connectivity index (χ3n) is 3.87. The van der Waals surface area contributed by atoms with E-state index >= 15 is 0 Å². The molecule has 7 nitrogen and oxygen atoms in total. The molecular formula is C17H18N4O3. The number of ether oxygens (including phenoxy) is 1. The highest BCUT2D eigenvalue weighted by Gasteiger charge is 2.14. The Morgan fingerprint density at radius 2 is 2.17 bits per heavy atom. The van der Waals surface area contributed by atoms with Gasteiger partial charge >= 0.3 is 0 Å². The Kier molecular flexibility index (Phi) is 4.07. The van der Waals surface area contributed by atoms with Gasteiger partial charge in [0.15, 0.2) is 0 Å². The number of imidazole rings is 1. The Bertz CT molecular complexity index is 972. The molecule has 2 N–H and O–H groups in total. The highest BCUT2D eigenvalue weighted by molar-refractivity contribution is 5.96. The van der Waals surface area contributed by atoms with E-state index in [1.165, 1.54) is 7.11 Å². The molecule has 3 rings (SSSR count). The zero-order chi connectivity index (χ0) is 17.3. The number of fused-ring (bicyclic) bond motifs is 1. The van der Waals surface area contributed by atoms with Crippen LogP contribution in [-0.2, 0) is 6.54 Å². The summed E-state index contributed by atoms with van der Waals surface area (Å²) in [5.74, 6) is 0.206. The molecule has 0 unspecified atom stereocenters. The van der Waals surface area contributed by atoms with Crippen molar-refractivity contribution in [3.05, 3.63) is 63.6 Å². The number of aromatic amines is 1. The number of nitrogens with zero attached hydrogens (tertiary/aromatic N) is 2. The number of pyridine rings is 2. The normalized spacial score (nSPS) is 10.8. The molecule has 1 amide bonds. The van der Waals surface area contributed by atoms with Gasteiger partial charge in [-0.25, -0.2) is 4.98 Å². The van der Waals surface area contributed by atoms with Crippen LogP contribution in [0.5, 0.6) is 5.75 Å². The van der Waals surface area contributed by atoms with Crippen molar-refractivity contribution < 1.29 is 9.53 Å². The second-order valence-corrected chi connectivity index (χ2v) is 5.61. The van der Waals surface area contributed by atoms with Crippen LogP contribution in [0.2, 0.25) is 0 Å². The molecule has 3 aromatic rings. The summed E-state index contributed by atoms with van der Waals surface area (Å²) < 4.78 is 7.08. The van der Waals surface area contributed by atoms with Gasteiger partial charge in [0, 0.05) is 17.5 Å². The second kappa shape index (κ2) is 6.19. The molecule has 0 aromatic carbocycles. The molecule has 0 atom stereocenters. The molecule has 24 heavy (non-hydrogen) atoms. The standard InChI is InChI=1S/C17H18N4O3/c1-10-8-21-9-18-6-12(21)5-13(10)16(22)19-7-14-15(24-3)4-11(2)20-17(14)23/h4-6,8-9H,7H2,1-3H3,(H,19,22)(H,20,23). The summed E-state index contributed by atoms with van der Waals surface area (Å²) in [6.45, 7) is 3.71. The van der Waals surface area contributed by atoms with Crippen molar-refractivity contribution in [3.8, 4) is 5.75 Å². The van der Waals surface area contributed by atoms with Gasteiger partial charge in [0.1, 0.15) is 5.75 Å². The maximum Gasteiger partial charge on any atom is 0.256 e. The molecule has 0 saturated carbocycles. The minimum Gasteiger partial charge on any atom is -0.496 e. The first-order chi connectivity index (χ1) is 11.5. The van der Waals surface area contributed by atoms with Gasteiger partial charge < -0.3 is 19.4 Å². The van der Waals surface area contributed by atoms with E-state index in [0.29, 0.717) is 22.6 Å². The highest BCUT2D eigenvalue weighted by atomic mass is 16.5. The number of H-pyrrole nitrogens is 1. The van der Waals surface area contributed by atoms with Crippen LogP contribution in [0, 0.1) is 13.8 Å². The summed E-state index contributed by atoms with van der Waals surface area (Å²) in [5.41, 5.74) is 3.02. The molecule has 7 heteroatoms. The van der Waals surface area contributed by atoms with Crippen LogP contribution in [0.15, 0.2) is 35.6 Å². The third kappa shape index (κ3) is 2.88. The van der Waals surface area contributed by atoms with Crippen molar-refractivity contribution in [2.45, 2.75) is 20.4 Å². The van der Waals surface area contributed by atoms with E-state index in [-0.39, 0.29) is 18.0 Å². The molecule has 3 heterocycles. The van der Waals surface area contributed by atoms with Crippen LogP contribution in [0.3, 0.4) is 0 Å². The molecule has 0 fully saturated rings. The molecule has 0 radical (unpaired) electrons. The predicted molar refractivity (Wildman–Crippen MR) is 89.5 cm³/mol. The number of aryl methyl sites for hydroxylation is 2. The quantitative estimate of drug-likeness (QED) is 0.762. The van der Waals surface area contributed by atoms with E-state index in [1.807, 2.05) is 17.5 Å².